The van der Waals surface area contributed by atoms with Gasteiger partial charge in [-0.3, -0.25) is 4.90 Å². The lowest BCUT2D eigenvalue weighted by atomic mass is 10.1. The minimum atomic E-state index is -0.235. The van der Waals surface area contributed by atoms with Gasteiger partial charge < -0.3 is 4.74 Å². The Morgan fingerprint density at radius 2 is 1.69 bits per heavy atom. The van der Waals surface area contributed by atoms with Crippen LogP contribution in [0.1, 0.15) is 11.1 Å². The number of halogens is 1. The molecular formula is C21H22FN3O. The molecule has 0 aliphatic carbocycles. The first-order valence-corrected chi connectivity index (χ1v) is 8.91. The van der Waals surface area contributed by atoms with Gasteiger partial charge in [0.15, 0.2) is 0 Å². The quantitative estimate of drug-likeness (QED) is 0.716. The highest BCUT2D eigenvalue weighted by molar-refractivity contribution is 5.63. The van der Waals surface area contributed by atoms with E-state index in [2.05, 4.69) is 42.3 Å². The third-order valence-electron chi connectivity index (χ3n) is 4.70. The van der Waals surface area contributed by atoms with E-state index in [0.29, 0.717) is 0 Å². The topological polar surface area (TPSA) is 30.3 Å². The largest absolute Gasteiger partial charge is 0.379 e. The molecule has 1 aromatic heterocycles. The fraction of sp³-hybridized carbons (Fsp3) is 0.286. The smallest absolute Gasteiger partial charge is 0.123 e. The van der Waals surface area contributed by atoms with Crippen molar-refractivity contribution in [3.8, 4) is 16.9 Å². The monoisotopic (exact) mass is 351 g/mol. The van der Waals surface area contributed by atoms with Crippen LogP contribution in [0.25, 0.3) is 16.9 Å². The summed E-state index contributed by atoms with van der Waals surface area (Å²) in [6.45, 7) is 6.23. The van der Waals surface area contributed by atoms with Crippen molar-refractivity contribution < 1.29 is 9.13 Å². The number of aryl methyl sites for hydroxylation is 1. The normalized spacial score (nSPS) is 15.3. The number of hydrogen-bond acceptors (Lipinski definition) is 3. The lowest BCUT2D eigenvalue weighted by molar-refractivity contribution is 0.0342. The van der Waals surface area contributed by atoms with Crippen LogP contribution in [0.3, 0.4) is 0 Å². The van der Waals surface area contributed by atoms with Crippen molar-refractivity contribution >= 4 is 0 Å². The summed E-state index contributed by atoms with van der Waals surface area (Å²) in [7, 11) is 0. The van der Waals surface area contributed by atoms with E-state index in [4.69, 9.17) is 9.84 Å². The van der Waals surface area contributed by atoms with Gasteiger partial charge in [-0.2, -0.15) is 5.10 Å². The first kappa shape index (κ1) is 16.9. The van der Waals surface area contributed by atoms with E-state index in [9.17, 15) is 4.39 Å². The van der Waals surface area contributed by atoms with Crippen molar-refractivity contribution in [2.45, 2.75) is 13.5 Å². The lowest BCUT2D eigenvalue weighted by Gasteiger charge is -2.26. The number of rotatable bonds is 4. The molecule has 134 valence electrons. The molecule has 4 rings (SSSR count). The van der Waals surface area contributed by atoms with Gasteiger partial charge in [-0.05, 0) is 43.3 Å². The second-order valence-corrected chi connectivity index (χ2v) is 6.68. The molecule has 0 N–H and O–H groups in total. The fourth-order valence-electron chi connectivity index (χ4n) is 3.21. The van der Waals surface area contributed by atoms with Crippen molar-refractivity contribution in [3.63, 3.8) is 0 Å². The molecule has 0 saturated carbocycles. The average Bonchev–Trinajstić information content (AvgIpc) is 3.07. The van der Waals surface area contributed by atoms with Crippen LogP contribution in [0.2, 0.25) is 0 Å². The van der Waals surface area contributed by atoms with Crippen molar-refractivity contribution in [3.05, 3.63) is 71.7 Å². The Bertz CT molecular complexity index is 865. The van der Waals surface area contributed by atoms with Crippen LogP contribution >= 0.6 is 0 Å². The zero-order valence-electron chi connectivity index (χ0n) is 14.9. The van der Waals surface area contributed by atoms with Crippen LogP contribution in [-0.4, -0.2) is 41.0 Å². The highest BCUT2D eigenvalue weighted by Crippen LogP contribution is 2.25. The zero-order chi connectivity index (χ0) is 17.9. The van der Waals surface area contributed by atoms with Crippen molar-refractivity contribution in [2.75, 3.05) is 26.3 Å². The highest BCUT2D eigenvalue weighted by atomic mass is 19.1. The third kappa shape index (κ3) is 3.69. The van der Waals surface area contributed by atoms with Gasteiger partial charge in [0, 0.05) is 37.0 Å². The van der Waals surface area contributed by atoms with E-state index < -0.39 is 0 Å². The van der Waals surface area contributed by atoms with Gasteiger partial charge in [-0.15, -0.1) is 0 Å². The molecule has 1 fully saturated rings. The third-order valence-corrected chi connectivity index (χ3v) is 4.70. The molecule has 3 aromatic rings. The number of ether oxygens (including phenoxy) is 1. The predicted molar refractivity (Wildman–Crippen MR) is 99.8 cm³/mol. The van der Waals surface area contributed by atoms with E-state index >= 15 is 0 Å². The maximum absolute atomic E-state index is 13.3. The number of aromatic nitrogens is 2. The van der Waals surface area contributed by atoms with Gasteiger partial charge >= 0.3 is 0 Å². The van der Waals surface area contributed by atoms with E-state index in [0.717, 1.165) is 55.4 Å². The minimum Gasteiger partial charge on any atom is -0.379 e. The Balaban J connectivity index is 1.71. The molecular weight excluding hydrogens is 329 g/mol. The van der Waals surface area contributed by atoms with Gasteiger partial charge in [0.05, 0.1) is 24.6 Å². The number of morpholine rings is 1. The summed E-state index contributed by atoms with van der Waals surface area (Å²) >= 11 is 0. The van der Waals surface area contributed by atoms with Crippen molar-refractivity contribution in [1.29, 1.82) is 0 Å². The molecule has 2 aromatic carbocycles. The highest BCUT2D eigenvalue weighted by Gasteiger charge is 2.17. The number of hydrogen-bond donors (Lipinski definition) is 0. The molecule has 0 unspecified atom stereocenters. The first-order valence-electron chi connectivity index (χ1n) is 8.91. The Hall–Kier alpha value is -2.50. The molecule has 0 radical (unpaired) electrons. The molecule has 0 amide bonds. The first-order chi connectivity index (χ1) is 12.7. The van der Waals surface area contributed by atoms with E-state index in [1.54, 1.807) is 12.1 Å². The van der Waals surface area contributed by atoms with E-state index in [1.807, 2.05) is 4.68 Å². The van der Waals surface area contributed by atoms with Crippen LogP contribution in [0, 0.1) is 12.7 Å². The molecule has 1 aliphatic heterocycles. The van der Waals surface area contributed by atoms with Gasteiger partial charge in [-0.25, -0.2) is 9.07 Å². The molecule has 0 bridgehead atoms. The van der Waals surface area contributed by atoms with Crippen LogP contribution in [-0.2, 0) is 11.3 Å². The Morgan fingerprint density at radius 1 is 1.00 bits per heavy atom. The number of nitrogens with zero attached hydrogens (tertiary/aromatic N) is 3. The van der Waals surface area contributed by atoms with Crippen LogP contribution < -0.4 is 0 Å². The van der Waals surface area contributed by atoms with Crippen molar-refractivity contribution in [1.82, 2.24) is 14.7 Å². The Kier molecular flexibility index (Phi) is 4.82. The Morgan fingerprint density at radius 3 is 2.38 bits per heavy atom. The molecule has 4 nitrogen and oxygen atoms in total. The lowest BCUT2D eigenvalue weighted by Crippen LogP contribution is -2.35. The van der Waals surface area contributed by atoms with Crippen molar-refractivity contribution in [2.24, 2.45) is 0 Å². The van der Waals surface area contributed by atoms with Crippen LogP contribution in [0.4, 0.5) is 4.39 Å². The van der Waals surface area contributed by atoms with Crippen LogP contribution in [0.5, 0.6) is 0 Å². The van der Waals surface area contributed by atoms with Gasteiger partial charge in [-0.1, -0.05) is 17.7 Å². The SMILES string of the molecule is Cc1ccc(-n2cc(CN3CCOCC3)c(-c3ccc(F)cc3)n2)cc1. The molecule has 1 aliphatic rings. The van der Waals surface area contributed by atoms with Crippen LogP contribution in [0.15, 0.2) is 54.7 Å². The second kappa shape index (κ2) is 7.40. The summed E-state index contributed by atoms with van der Waals surface area (Å²) in [5, 5.41) is 4.81. The second-order valence-electron chi connectivity index (χ2n) is 6.68. The summed E-state index contributed by atoms with van der Waals surface area (Å²) in [6.07, 6.45) is 2.08. The summed E-state index contributed by atoms with van der Waals surface area (Å²) in [4.78, 5) is 2.37. The van der Waals surface area contributed by atoms with Gasteiger partial charge in [0.25, 0.3) is 0 Å². The minimum absolute atomic E-state index is 0.235. The van der Waals surface area contributed by atoms with Gasteiger partial charge in [0.2, 0.25) is 0 Å². The zero-order valence-corrected chi connectivity index (χ0v) is 14.9. The molecule has 0 atom stereocenters. The number of benzene rings is 2. The summed E-state index contributed by atoms with van der Waals surface area (Å²) in [5.41, 5.74) is 5.21. The summed E-state index contributed by atoms with van der Waals surface area (Å²) in [6, 6.07) is 14.8. The predicted octanol–water partition coefficient (Wildman–Crippen LogP) is 3.82. The molecule has 26 heavy (non-hydrogen) atoms. The fourth-order valence-corrected chi connectivity index (χ4v) is 3.21. The maximum atomic E-state index is 13.3. The Labute approximate surface area is 152 Å². The van der Waals surface area contributed by atoms with E-state index in [1.165, 1.54) is 17.7 Å². The molecule has 2 heterocycles. The maximum Gasteiger partial charge on any atom is 0.123 e. The summed E-state index contributed by atoms with van der Waals surface area (Å²) in [5.74, 6) is -0.235. The average molecular weight is 351 g/mol. The van der Waals surface area contributed by atoms with E-state index in [-0.39, 0.29) is 5.82 Å². The summed E-state index contributed by atoms with van der Waals surface area (Å²) < 4.78 is 20.7. The molecule has 1 saturated heterocycles. The molecule has 0 spiro atoms. The molecule has 5 heteroatoms. The standard InChI is InChI=1S/C21H22FN3O/c1-16-2-8-20(9-3-16)25-15-18(14-24-10-12-26-13-11-24)21(23-25)17-4-6-19(22)7-5-17/h2-9,15H,10-14H2,1H3. The van der Waals surface area contributed by atoms with Gasteiger partial charge in [0.1, 0.15) is 5.82 Å².